The Balaban J connectivity index is 1.48. The molecule has 2 saturated heterocycles. The summed E-state index contributed by atoms with van der Waals surface area (Å²) in [6.45, 7) is 5.87. The van der Waals surface area contributed by atoms with Crippen molar-refractivity contribution >= 4 is 11.0 Å². The average molecular weight is 256 g/mol. The smallest absolute Gasteiger partial charge is 0.121 e. The average Bonchev–Trinajstić information content (AvgIpc) is 3.03. The summed E-state index contributed by atoms with van der Waals surface area (Å²) in [5.41, 5.74) is 2.23. The van der Waals surface area contributed by atoms with Gasteiger partial charge in [0.2, 0.25) is 0 Å². The Kier molecular flexibility index (Phi) is 2.78. The van der Waals surface area contributed by atoms with E-state index >= 15 is 0 Å². The van der Waals surface area contributed by atoms with E-state index in [1.807, 2.05) is 6.07 Å². The molecule has 1 N–H and O–H groups in total. The van der Waals surface area contributed by atoms with E-state index in [1.165, 1.54) is 39.0 Å². The number of nitrogens with zero attached hydrogens (tertiary/aromatic N) is 3. The standard InChI is InChI=1S/C15H20N4/c1-2-6-14-13(5-1)16-15(17-14)11-18-8-9-19-7-3-4-12(19)10-18/h1-2,5-6,12H,3-4,7-11H2,(H,16,17)/t12-/m0/s1. The predicted molar refractivity (Wildman–Crippen MR) is 76.0 cm³/mol. The third-order valence-corrected chi connectivity index (χ3v) is 4.48. The third kappa shape index (κ3) is 2.15. The van der Waals surface area contributed by atoms with Crippen LogP contribution in [0.5, 0.6) is 0 Å². The number of piperazine rings is 1. The molecular weight excluding hydrogens is 236 g/mol. The Morgan fingerprint density at radius 2 is 2.16 bits per heavy atom. The molecule has 2 aliphatic rings. The molecule has 2 aliphatic heterocycles. The maximum atomic E-state index is 4.68. The lowest BCUT2D eigenvalue weighted by atomic mass is 10.1. The molecule has 0 saturated carbocycles. The van der Waals surface area contributed by atoms with Gasteiger partial charge in [-0.3, -0.25) is 9.80 Å². The van der Waals surface area contributed by atoms with Crippen LogP contribution in [-0.2, 0) is 6.54 Å². The van der Waals surface area contributed by atoms with Crippen LogP contribution in [0.4, 0.5) is 0 Å². The van der Waals surface area contributed by atoms with Crippen molar-refractivity contribution in [2.75, 3.05) is 26.2 Å². The number of hydrogen-bond donors (Lipinski definition) is 1. The predicted octanol–water partition coefficient (Wildman–Crippen LogP) is 1.84. The maximum Gasteiger partial charge on any atom is 0.121 e. The summed E-state index contributed by atoms with van der Waals surface area (Å²) in [7, 11) is 0. The molecule has 0 spiro atoms. The van der Waals surface area contributed by atoms with Crippen LogP contribution in [0.15, 0.2) is 24.3 Å². The van der Waals surface area contributed by atoms with Crippen molar-refractivity contribution in [3.63, 3.8) is 0 Å². The number of H-pyrrole nitrogens is 1. The molecule has 1 aromatic carbocycles. The Labute approximate surface area is 113 Å². The van der Waals surface area contributed by atoms with Crippen LogP contribution in [-0.4, -0.2) is 52.0 Å². The molecule has 0 amide bonds. The molecule has 3 heterocycles. The number of aromatic amines is 1. The summed E-state index contributed by atoms with van der Waals surface area (Å²) in [6, 6.07) is 9.06. The molecule has 100 valence electrons. The van der Waals surface area contributed by atoms with E-state index in [4.69, 9.17) is 0 Å². The Hall–Kier alpha value is -1.39. The fraction of sp³-hybridized carbons (Fsp3) is 0.533. The second kappa shape index (κ2) is 4.62. The van der Waals surface area contributed by atoms with Gasteiger partial charge in [-0.2, -0.15) is 0 Å². The fourth-order valence-corrected chi connectivity index (χ4v) is 3.49. The minimum Gasteiger partial charge on any atom is -0.341 e. The van der Waals surface area contributed by atoms with Crippen LogP contribution < -0.4 is 0 Å². The van der Waals surface area contributed by atoms with Crippen LogP contribution in [0, 0.1) is 0 Å². The highest BCUT2D eigenvalue weighted by atomic mass is 15.3. The minimum absolute atomic E-state index is 0.790. The number of para-hydroxylation sites is 2. The number of benzene rings is 1. The van der Waals surface area contributed by atoms with Gasteiger partial charge in [0.05, 0.1) is 17.6 Å². The molecule has 2 aromatic rings. The van der Waals surface area contributed by atoms with E-state index < -0.39 is 0 Å². The second-order valence-corrected chi connectivity index (χ2v) is 5.77. The first-order valence-corrected chi connectivity index (χ1v) is 7.28. The van der Waals surface area contributed by atoms with Gasteiger partial charge in [0.15, 0.2) is 0 Å². The largest absolute Gasteiger partial charge is 0.341 e. The fourth-order valence-electron chi connectivity index (χ4n) is 3.49. The van der Waals surface area contributed by atoms with Crippen LogP contribution in [0.2, 0.25) is 0 Å². The van der Waals surface area contributed by atoms with E-state index in [9.17, 15) is 0 Å². The molecule has 1 aromatic heterocycles. The van der Waals surface area contributed by atoms with Gasteiger partial charge in [0.25, 0.3) is 0 Å². The normalized spacial score (nSPS) is 24.9. The summed E-state index contributed by atoms with van der Waals surface area (Å²) in [4.78, 5) is 13.3. The highest BCUT2D eigenvalue weighted by Gasteiger charge is 2.30. The molecule has 4 nitrogen and oxygen atoms in total. The molecule has 4 rings (SSSR count). The molecule has 4 heteroatoms. The molecule has 0 aliphatic carbocycles. The van der Waals surface area contributed by atoms with E-state index in [0.717, 1.165) is 29.4 Å². The number of fused-ring (bicyclic) bond motifs is 2. The first-order chi connectivity index (χ1) is 9.38. The minimum atomic E-state index is 0.790. The summed E-state index contributed by atoms with van der Waals surface area (Å²) in [6.07, 6.45) is 2.75. The van der Waals surface area contributed by atoms with E-state index in [2.05, 4.69) is 38.0 Å². The van der Waals surface area contributed by atoms with E-state index in [1.54, 1.807) is 0 Å². The summed E-state index contributed by atoms with van der Waals surface area (Å²) in [5.74, 6) is 1.10. The number of hydrogen-bond acceptors (Lipinski definition) is 3. The van der Waals surface area contributed by atoms with Crippen molar-refractivity contribution in [3.05, 3.63) is 30.1 Å². The zero-order chi connectivity index (χ0) is 12.7. The Bertz CT molecular complexity index is 543. The van der Waals surface area contributed by atoms with Gasteiger partial charge < -0.3 is 4.98 Å². The number of imidazole rings is 1. The van der Waals surface area contributed by atoms with Gasteiger partial charge in [-0.1, -0.05) is 12.1 Å². The molecule has 0 bridgehead atoms. The monoisotopic (exact) mass is 256 g/mol. The highest BCUT2D eigenvalue weighted by molar-refractivity contribution is 5.74. The molecular formula is C15H20N4. The van der Waals surface area contributed by atoms with Crippen molar-refractivity contribution in [1.29, 1.82) is 0 Å². The maximum absolute atomic E-state index is 4.68. The Morgan fingerprint density at radius 1 is 1.21 bits per heavy atom. The van der Waals surface area contributed by atoms with E-state index in [0.29, 0.717) is 0 Å². The van der Waals surface area contributed by atoms with Crippen molar-refractivity contribution in [3.8, 4) is 0 Å². The summed E-state index contributed by atoms with van der Waals surface area (Å²) >= 11 is 0. The first kappa shape index (κ1) is 11.4. The van der Waals surface area contributed by atoms with Gasteiger partial charge in [0, 0.05) is 25.7 Å². The van der Waals surface area contributed by atoms with Crippen LogP contribution in [0.25, 0.3) is 11.0 Å². The van der Waals surface area contributed by atoms with Gasteiger partial charge in [0.1, 0.15) is 5.82 Å². The molecule has 0 unspecified atom stereocenters. The summed E-state index contributed by atoms with van der Waals surface area (Å²) < 4.78 is 0. The lowest BCUT2D eigenvalue weighted by Crippen LogP contribution is -2.49. The lowest BCUT2D eigenvalue weighted by Gasteiger charge is -2.37. The Morgan fingerprint density at radius 3 is 3.11 bits per heavy atom. The van der Waals surface area contributed by atoms with Gasteiger partial charge in [-0.25, -0.2) is 4.98 Å². The van der Waals surface area contributed by atoms with Crippen molar-refractivity contribution in [2.45, 2.75) is 25.4 Å². The van der Waals surface area contributed by atoms with Gasteiger partial charge in [-0.05, 0) is 31.5 Å². The SMILES string of the molecule is c1ccc2[nH]c(CN3CCN4CCC[C@H]4C3)nc2c1. The molecule has 1 atom stereocenters. The van der Waals surface area contributed by atoms with Gasteiger partial charge in [-0.15, -0.1) is 0 Å². The van der Waals surface area contributed by atoms with Gasteiger partial charge >= 0.3 is 0 Å². The number of nitrogens with one attached hydrogen (secondary N) is 1. The van der Waals surface area contributed by atoms with Crippen molar-refractivity contribution < 1.29 is 0 Å². The third-order valence-electron chi connectivity index (χ3n) is 4.48. The second-order valence-electron chi connectivity index (χ2n) is 5.77. The zero-order valence-electron chi connectivity index (χ0n) is 11.2. The van der Waals surface area contributed by atoms with Crippen molar-refractivity contribution in [1.82, 2.24) is 19.8 Å². The van der Waals surface area contributed by atoms with Crippen LogP contribution in [0.1, 0.15) is 18.7 Å². The molecule has 2 fully saturated rings. The van der Waals surface area contributed by atoms with Crippen LogP contribution >= 0.6 is 0 Å². The highest BCUT2D eigenvalue weighted by Crippen LogP contribution is 2.22. The van der Waals surface area contributed by atoms with Crippen molar-refractivity contribution in [2.24, 2.45) is 0 Å². The molecule has 19 heavy (non-hydrogen) atoms. The quantitative estimate of drug-likeness (QED) is 0.890. The molecule has 0 radical (unpaired) electrons. The first-order valence-electron chi connectivity index (χ1n) is 7.28. The summed E-state index contributed by atoms with van der Waals surface area (Å²) in [5, 5.41) is 0. The van der Waals surface area contributed by atoms with Crippen LogP contribution in [0.3, 0.4) is 0 Å². The zero-order valence-corrected chi connectivity index (χ0v) is 11.2. The van der Waals surface area contributed by atoms with E-state index in [-0.39, 0.29) is 0 Å². The number of aromatic nitrogens is 2. The lowest BCUT2D eigenvalue weighted by molar-refractivity contribution is 0.0977. The topological polar surface area (TPSA) is 35.2 Å². The number of rotatable bonds is 2.